The quantitative estimate of drug-likeness (QED) is 0.911. The molecule has 2 aromatic rings. The minimum atomic E-state index is -3.85. The first-order valence-corrected chi connectivity index (χ1v) is 9.06. The summed E-state index contributed by atoms with van der Waals surface area (Å²) in [6.45, 7) is 4.08. The lowest BCUT2D eigenvalue weighted by Crippen LogP contribution is -2.14. The van der Waals surface area contributed by atoms with Crippen LogP contribution in [0.4, 0.5) is 4.39 Å². The van der Waals surface area contributed by atoms with Gasteiger partial charge in [0.25, 0.3) is 0 Å². The maximum atomic E-state index is 13.1. The van der Waals surface area contributed by atoms with Crippen LogP contribution < -0.4 is 5.14 Å². The van der Waals surface area contributed by atoms with Gasteiger partial charge in [0.1, 0.15) is 5.82 Å². The summed E-state index contributed by atoms with van der Waals surface area (Å²) in [4.78, 5) is 0.0851. The average molecular weight is 343 g/mol. The first-order chi connectivity index (χ1) is 11.2. The lowest BCUT2D eigenvalue weighted by molar-refractivity contribution is 0.597. The number of nitrogens with two attached hydrogens (primary N) is 1. The van der Waals surface area contributed by atoms with Crippen LogP contribution in [0.15, 0.2) is 65.6 Å². The molecule has 0 amide bonds. The van der Waals surface area contributed by atoms with Gasteiger partial charge in [-0.15, -0.1) is 0 Å². The molecule has 5 heteroatoms. The van der Waals surface area contributed by atoms with Crippen LogP contribution in [0.1, 0.15) is 19.4 Å². The van der Waals surface area contributed by atoms with Crippen molar-refractivity contribution < 1.29 is 12.8 Å². The summed E-state index contributed by atoms with van der Waals surface area (Å²) in [5, 5.41) is 5.37. The molecule has 0 atom stereocenters. The molecular weight excluding hydrogens is 325 g/mol. The van der Waals surface area contributed by atoms with E-state index in [9.17, 15) is 12.8 Å². The SMILES string of the molecule is CC1(C)C=CC(c2cc(-c3ccc(F)cc3)ccc2S(N)(=O)=O)=C1. The van der Waals surface area contributed by atoms with Gasteiger partial charge in [0.15, 0.2) is 0 Å². The third-order valence-electron chi connectivity index (χ3n) is 3.99. The van der Waals surface area contributed by atoms with Gasteiger partial charge in [0, 0.05) is 11.0 Å². The normalized spacial score (nSPS) is 16.2. The van der Waals surface area contributed by atoms with Crippen molar-refractivity contribution >= 4 is 15.6 Å². The first kappa shape index (κ1) is 16.6. The summed E-state index contributed by atoms with van der Waals surface area (Å²) < 4.78 is 37.0. The predicted molar refractivity (Wildman–Crippen MR) is 94.1 cm³/mol. The summed E-state index contributed by atoms with van der Waals surface area (Å²) >= 11 is 0. The van der Waals surface area contributed by atoms with Gasteiger partial charge in [0.05, 0.1) is 4.90 Å². The van der Waals surface area contributed by atoms with Crippen molar-refractivity contribution in [2.45, 2.75) is 18.7 Å². The Morgan fingerprint density at radius 1 is 1.00 bits per heavy atom. The Hall–Kier alpha value is -2.24. The van der Waals surface area contributed by atoms with Crippen LogP contribution in [0.3, 0.4) is 0 Å². The largest absolute Gasteiger partial charge is 0.238 e. The lowest BCUT2D eigenvalue weighted by atomic mass is 9.94. The summed E-state index contributed by atoms with van der Waals surface area (Å²) in [6, 6.07) is 11.0. The third-order valence-corrected chi connectivity index (χ3v) is 4.96. The Bertz CT molecular complexity index is 955. The molecule has 0 bridgehead atoms. The van der Waals surface area contributed by atoms with Gasteiger partial charge in [-0.25, -0.2) is 17.9 Å². The lowest BCUT2D eigenvalue weighted by Gasteiger charge is -2.13. The molecule has 24 heavy (non-hydrogen) atoms. The highest BCUT2D eigenvalue weighted by molar-refractivity contribution is 7.89. The molecule has 0 heterocycles. The van der Waals surface area contributed by atoms with Gasteiger partial charge in [-0.3, -0.25) is 0 Å². The molecule has 0 spiro atoms. The fourth-order valence-corrected chi connectivity index (χ4v) is 3.54. The number of hydrogen-bond donors (Lipinski definition) is 1. The number of allylic oxidation sites excluding steroid dienone is 4. The molecule has 1 aliphatic rings. The van der Waals surface area contributed by atoms with Crippen LogP contribution >= 0.6 is 0 Å². The van der Waals surface area contributed by atoms with Crippen LogP contribution in [-0.4, -0.2) is 8.42 Å². The first-order valence-electron chi connectivity index (χ1n) is 7.51. The van der Waals surface area contributed by atoms with Gasteiger partial charge in [0.2, 0.25) is 10.0 Å². The molecule has 0 saturated heterocycles. The van der Waals surface area contributed by atoms with Crippen LogP contribution in [0, 0.1) is 11.2 Å². The van der Waals surface area contributed by atoms with E-state index in [1.165, 1.54) is 18.2 Å². The van der Waals surface area contributed by atoms with Crippen molar-refractivity contribution in [3.63, 3.8) is 0 Å². The molecule has 0 aromatic heterocycles. The van der Waals surface area contributed by atoms with Crippen molar-refractivity contribution in [1.29, 1.82) is 0 Å². The molecule has 2 aromatic carbocycles. The second kappa shape index (κ2) is 5.69. The van der Waals surface area contributed by atoms with Crippen LogP contribution in [0.25, 0.3) is 16.7 Å². The Balaban J connectivity index is 2.19. The maximum absolute atomic E-state index is 13.1. The molecule has 1 aliphatic carbocycles. The Kier molecular flexibility index (Phi) is 3.94. The van der Waals surface area contributed by atoms with Crippen molar-refractivity contribution in [3.05, 3.63) is 72.1 Å². The number of sulfonamides is 1. The number of hydrogen-bond acceptors (Lipinski definition) is 2. The number of rotatable bonds is 3. The topological polar surface area (TPSA) is 60.2 Å². The van der Waals surface area contributed by atoms with E-state index in [1.54, 1.807) is 24.3 Å². The second-order valence-electron chi connectivity index (χ2n) is 6.52. The van der Waals surface area contributed by atoms with Gasteiger partial charge in [-0.1, -0.05) is 50.3 Å². The zero-order chi connectivity index (χ0) is 17.5. The number of benzene rings is 2. The Morgan fingerprint density at radius 3 is 2.17 bits per heavy atom. The molecule has 0 fully saturated rings. The van der Waals surface area contributed by atoms with E-state index in [2.05, 4.69) is 0 Å². The van der Waals surface area contributed by atoms with Crippen molar-refractivity contribution in [2.75, 3.05) is 0 Å². The molecule has 124 valence electrons. The van der Waals surface area contributed by atoms with Gasteiger partial charge in [-0.05, 0) is 41.0 Å². The molecule has 2 N–H and O–H groups in total. The van der Waals surface area contributed by atoms with E-state index in [0.29, 0.717) is 5.56 Å². The van der Waals surface area contributed by atoms with E-state index in [-0.39, 0.29) is 16.1 Å². The molecule has 3 nitrogen and oxygen atoms in total. The van der Waals surface area contributed by atoms with E-state index >= 15 is 0 Å². The summed E-state index contributed by atoms with van der Waals surface area (Å²) in [5.74, 6) is -0.316. The zero-order valence-electron chi connectivity index (χ0n) is 13.5. The Labute approximate surface area is 141 Å². The van der Waals surface area contributed by atoms with Crippen molar-refractivity contribution in [2.24, 2.45) is 10.6 Å². The fraction of sp³-hybridized carbons (Fsp3) is 0.158. The average Bonchev–Trinajstić information content (AvgIpc) is 2.86. The molecule has 0 aliphatic heterocycles. The summed E-state index contributed by atoms with van der Waals surface area (Å²) in [7, 11) is -3.85. The van der Waals surface area contributed by atoms with E-state index < -0.39 is 10.0 Å². The van der Waals surface area contributed by atoms with Crippen LogP contribution in [0.2, 0.25) is 0 Å². The molecule has 0 radical (unpaired) electrons. The van der Waals surface area contributed by atoms with Crippen molar-refractivity contribution in [3.8, 4) is 11.1 Å². The maximum Gasteiger partial charge on any atom is 0.238 e. The van der Waals surface area contributed by atoms with E-state index in [0.717, 1.165) is 16.7 Å². The smallest absolute Gasteiger partial charge is 0.225 e. The molecule has 0 saturated carbocycles. The third kappa shape index (κ3) is 3.32. The monoisotopic (exact) mass is 343 g/mol. The standard InChI is InChI=1S/C19H18FNO2S/c1-19(2)10-9-15(12-19)17-11-14(5-8-18(17)24(21,22)23)13-3-6-16(20)7-4-13/h3-12H,1-2H3,(H2,21,22,23). The van der Waals surface area contributed by atoms with Gasteiger partial charge in [-0.2, -0.15) is 0 Å². The molecule has 3 rings (SSSR count). The highest BCUT2D eigenvalue weighted by Gasteiger charge is 2.22. The minimum absolute atomic E-state index is 0.0851. The van der Waals surface area contributed by atoms with E-state index in [4.69, 9.17) is 5.14 Å². The Morgan fingerprint density at radius 2 is 1.62 bits per heavy atom. The predicted octanol–water partition coefficient (Wildman–Crippen LogP) is 4.12. The second-order valence-corrected chi connectivity index (χ2v) is 8.05. The van der Waals surface area contributed by atoms with Gasteiger partial charge >= 0.3 is 0 Å². The van der Waals surface area contributed by atoms with Crippen LogP contribution in [-0.2, 0) is 10.0 Å². The van der Waals surface area contributed by atoms with Crippen LogP contribution in [0.5, 0.6) is 0 Å². The number of primary sulfonamides is 1. The number of halogens is 1. The molecule has 0 unspecified atom stereocenters. The zero-order valence-corrected chi connectivity index (χ0v) is 14.3. The fourth-order valence-electron chi connectivity index (χ4n) is 2.79. The van der Waals surface area contributed by atoms with E-state index in [1.807, 2.05) is 32.1 Å². The highest BCUT2D eigenvalue weighted by atomic mass is 32.2. The highest BCUT2D eigenvalue weighted by Crippen LogP contribution is 2.37. The minimum Gasteiger partial charge on any atom is -0.225 e. The summed E-state index contributed by atoms with van der Waals surface area (Å²) in [6.07, 6.45) is 5.92. The summed E-state index contributed by atoms with van der Waals surface area (Å²) in [5.41, 5.74) is 2.84. The van der Waals surface area contributed by atoms with Crippen molar-refractivity contribution in [1.82, 2.24) is 0 Å². The van der Waals surface area contributed by atoms with Gasteiger partial charge < -0.3 is 0 Å². The molecular formula is C19H18FNO2S.